The summed E-state index contributed by atoms with van der Waals surface area (Å²) in [7, 11) is 0. The van der Waals surface area contributed by atoms with E-state index in [-0.39, 0.29) is 33.8 Å². The molecule has 1 unspecified atom stereocenters. The Balaban J connectivity index is 1.75. The molecule has 2 aromatic carbocycles. The summed E-state index contributed by atoms with van der Waals surface area (Å²) in [5.74, 6) is -0.251. The van der Waals surface area contributed by atoms with Gasteiger partial charge in [-0.2, -0.15) is 0 Å². The predicted molar refractivity (Wildman–Crippen MR) is 118 cm³/mol. The van der Waals surface area contributed by atoms with E-state index in [1.54, 1.807) is 13.0 Å². The summed E-state index contributed by atoms with van der Waals surface area (Å²) in [5.41, 5.74) is 1.13. The number of nitrogens with one attached hydrogen (secondary N) is 1. The third kappa shape index (κ3) is 5.62. The fourth-order valence-electron chi connectivity index (χ4n) is 2.63. The van der Waals surface area contributed by atoms with Crippen LogP contribution in [0.4, 0.5) is 15.0 Å². The van der Waals surface area contributed by atoms with Crippen LogP contribution in [0.5, 0.6) is 5.75 Å². The number of amides is 1. The Labute approximate surface area is 191 Å². The van der Waals surface area contributed by atoms with Gasteiger partial charge in [0.1, 0.15) is 18.5 Å². The molecule has 3 aromatic rings. The number of pyridine rings is 1. The SMILES string of the molecule is CC(Oc1cc(Br)cnc1NC(=O)OCc1ccccc1)c1c(Cl)ccc(F)c1Cl. The molecule has 9 heteroatoms. The normalized spacial score (nSPS) is 11.6. The minimum Gasteiger partial charge on any atom is -0.482 e. The van der Waals surface area contributed by atoms with E-state index in [1.807, 2.05) is 30.3 Å². The van der Waals surface area contributed by atoms with Crippen LogP contribution in [0.1, 0.15) is 24.2 Å². The van der Waals surface area contributed by atoms with Gasteiger partial charge in [-0.3, -0.25) is 5.32 Å². The molecule has 5 nitrogen and oxygen atoms in total. The van der Waals surface area contributed by atoms with Crippen molar-refractivity contribution in [2.45, 2.75) is 19.6 Å². The lowest BCUT2D eigenvalue weighted by molar-refractivity contribution is 0.154. The van der Waals surface area contributed by atoms with E-state index in [2.05, 4.69) is 26.2 Å². The first-order valence-corrected chi connectivity index (χ1v) is 10.3. The first kappa shape index (κ1) is 22.3. The zero-order chi connectivity index (χ0) is 21.7. The Morgan fingerprint density at radius 1 is 1.23 bits per heavy atom. The first-order chi connectivity index (χ1) is 14.3. The van der Waals surface area contributed by atoms with Gasteiger partial charge in [0.05, 0.1) is 5.02 Å². The highest BCUT2D eigenvalue weighted by Crippen LogP contribution is 2.37. The minimum atomic E-state index is -0.724. The summed E-state index contributed by atoms with van der Waals surface area (Å²) >= 11 is 15.5. The molecular weight excluding hydrogens is 498 g/mol. The molecule has 0 radical (unpaired) electrons. The van der Waals surface area contributed by atoms with Crippen LogP contribution in [-0.4, -0.2) is 11.1 Å². The Kier molecular flexibility index (Phi) is 7.53. The quantitative estimate of drug-likeness (QED) is 0.354. The lowest BCUT2D eigenvalue weighted by atomic mass is 10.1. The van der Waals surface area contributed by atoms with Gasteiger partial charge in [0.15, 0.2) is 11.6 Å². The molecule has 0 spiro atoms. The first-order valence-electron chi connectivity index (χ1n) is 8.78. The van der Waals surface area contributed by atoms with Crippen molar-refractivity contribution in [1.29, 1.82) is 0 Å². The molecule has 1 N–H and O–H groups in total. The molecule has 30 heavy (non-hydrogen) atoms. The van der Waals surface area contributed by atoms with E-state index in [9.17, 15) is 9.18 Å². The number of halogens is 4. The highest BCUT2D eigenvalue weighted by Gasteiger charge is 2.21. The Bertz CT molecular complexity index is 1050. The topological polar surface area (TPSA) is 60.5 Å². The highest BCUT2D eigenvalue weighted by molar-refractivity contribution is 9.10. The van der Waals surface area contributed by atoms with Gasteiger partial charge in [-0.1, -0.05) is 53.5 Å². The summed E-state index contributed by atoms with van der Waals surface area (Å²) < 4.78 is 25.6. The van der Waals surface area contributed by atoms with Crippen LogP contribution in [0.3, 0.4) is 0 Å². The van der Waals surface area contributed by atoms with Crippen LogP contribution >= 0.6 is 39.1 Å². The smallest absolute Gasteiger partial charge is 0.413 e. The molecule has 156 valence electrons. The molecule has 1 atom stereocenters. The van der Waals surface area contributed by atoms with Crippen molar-refractivity contribution < 1.29 is 18.7 Å². The summed E-state index contributed by atoms with van der Waals surface area (Å²) in [6.45, 7) is 1.76. The second-order valence-electron chi connectivity index (χ2n) is 6.20. The van der Waals surface area contributed by atoms with Gasteiger partial charge in [-0.15, -0.1) is 0 Å². The number of hydrogen-bond donors (Lipinski definition) is 1. The van der Waals surface area contributed by atoms with Gasteiger partial charge >= 0.3 is 6.09 Å². The predicted octanol–water partition coefficient (Wildman–Crippen LogP) is 7.18. The molecule has 0 aliphatic heterocycles. The number of rotatable bonds is 6. The van der Waals surface area contributed by atoms with Crippen LogP contribution in [0.15, 0.2) is 59.2 Å². The molecule has 3 rings (SSSR count). The average molecular weight is 514 g/mol. The number of nitrogens with zero attached hydrogens (tertiary/aromatic N) is 1. The van der Waals surface area contributed by atoms with E-state index in [0.717, 1.165) is 5.56 Å². The third-order valence-corrected chi connectivity index (χ3v) is 5.19. The van der Waals surface area contributed by atoms with Crippen molar-refractivity contribution in [2.75, 3.05) is 5.32 Å². The zero-order valence-electron chi connectivity index (χ0n) is 15.7. The number of aromatic nitrogens is 1. The minimum absolute atomic E-state index is 0.101. The van der Waals surface area contributed by atoms with Crippen molar-refractivity contribution in [3.63, 3.8) is 0 Å². The number of anilines is 1. The third-order valence-electron chi connectivity index (χ3n) is 4.04. The second-order valence-corrected chi connectivity index (χ2v) is 7.90. The van der Waals surface area contributed by atoms with Gasteiger partial charge in [-0.25, -0.2) is 14.2 Å². The lowest BCUT2D eigenvalue weighted by Crippen LogP contribution is -2.16. The zero-order valence-corrected chi connectivity index (χ0v) is 18.8. The van der Waals surface area contributed by atoms with Gasteiger partial charge in [0, 0.05) is 21.3 Å². The largest absolute Gasteiger partial charge is 0.482 e. The molecule has 1 amide bonds. The van der Waals surface area contributed by atoms with Crippen LogP contribution < -0.4 is 10.1 Å². The molecule has 0 fully saturated rings. The molecular formula is C21H16BrCl2FN2O3. The van der Waals surface area contributed by atoms with Crippen LogP contribution in [0.25, 0.3) is 0 Å². The molecule has 0 aliphatic carbocycles. The van der Waals surface area contributed by atoms with Gasteiger partial charge < -0.3 is 9.47 Å². The Hall–Kier alpha value is -2.35. The second kappa shape index (κ2) is 10.1. The number of carbonyl (C=O) groups is 1. The lowest BCUT2D eigenvalue weighted by Gasteiger charge is -2.20. The van der Waals surface area contributed by atoms with Gasteiger partial charge in [-0.05, 0) is 46.6 Å². The maximum Gasteiger partial charge on any atom is 0.413 e. The Morgan fingerprint density at radius 3 is 2.70 bits per heavy atom. The van der Waals surface area contributed by atoms with Crippen molar-refractivity contribution in [2.24, 2.45) is 0 Å². The standard InChI is InChI=1S/C21H16BrCl2FN2O3/c1-12(18-15(23)7-8-16(25)19(18)24)30-17-9-14(22)10-26-20(17)27-21(28)29-11-13-5-3-2-4-6-13/h2-10,12H,11H2,1H3,(H,26,27,28). The molecule has 0 saturated heterocycles. The van der Waals surface area contributed by atoms with Crippen LogP contribution in [0, 0.1) is 5.82 Å². The van der Waals surface area contributed by atoms with Crippen LogP contribution in [-0.2, 0) is 11.3 Å². The van der Waals surface area contributed by atoms with E-state index in [4.69, 9.17) is 32.7 Å². The maximum atomic E-state index is 13.9. The number of hydrogen-bond acceptors (Lipinski definition) is 4. The number of benzene rings is 2. The average Bonchev–Trinajstić information content (AvgIpc) is 2.72. The van der Waals surface area contributed by atoms with E-state index >= 15 is 0 Å². The van der Waals surface area contributed by atoms with Crippen LogP contribution in [0.2, 0.25) is 10.0 Å². The van der Waals surface area contributed by atoms with Crippen molar-refractivity contribution in [1.82, 2.24) is 4.98 Å². The molecule has 0 saturated carbocycles. The summed E-state index contributed by atoms with van der Waals surface area (Å²) in [5, 5.41) is 2.68. The number of carbonyl (C=O) groups excluding carboxylic acids is 1. The van der Waals surface area contributed by atoms with Gasteiger partial charge in [0.2, 0.25) is 0 Å². The molecule has 1 aromatic heterocycles. The summed E-state index contributed by atoms with van der Waals surface area (Å²) in [6.07, 6.45) is 0.0672. The van der Waals surface area contributed by atoms with Crippen molar-refractivity contribution in [3.8, 4) is 5.75 Å². The fourth-order valence-corrected chi connectivity index (χ4v) is 3.61. The summed E-state index contributed by atoms with van der Waals surface area (Å²) in [6, 6.07) is 13.4. The van der Waals surface area contributed by atoms with E-state index < -0.39 is 18.0 Å². The molecule has 0 bridgehead atoms. The maximum absolute atomic E-state index is 13.9. The van der Waals surface area contributed by atoms with Crippen molar-refractivity contribution in [3.05, 3.63) is 86.2 Å². The van der Waals surface area contributed by atoms with E-state index in [1.165, 1.54) is 18.3 Å². The number of ether oxygens (including phenoxy) is 2. The van der Waals surface area contributed by atoms with Gasteiger partial charge in [0.25, 0.3) is 0 Å². The summed E-state index contributed by atoms with van der Waals surface area (Å²) in [4.78, 5) is 16.4. The highest BCUT2D eigenvalue weighted by atomic mass is 79.9. The Morgan fingerprint density at radius 2 is 1.97 bits per heavy atom. The van der Waals surface area contributed by atoms with Crippen molar-refractivity contribution >= 4 is 51.0 Å². The van der Waals surface area contributed by atoms with E-state index in [0.29, 0.717) is 4.47 Å². The molecule has 1 heterocycles. The fraction of sp³-hybridized carbons (Fsp3) is 0.143. The molecule has 0 aliphatic rings. The monoisotopic (exact) mass is 512 g/mol.